The molecule has 0 N–H and O–H groups in total. The molecule has 3 aromatic carbocycles. The molecule has 2 amide bonds. The standard InChI is InChI=1S/C28H29N3O3/c1-21(32)31-20-26(34-25-15-9-8-14-24(25)31)28(33)30-18-16-29(17-19-30)27(22-10-4-2-5-11-22)23-12-6-3-7-13-23/h2-15,26-27H,16-20H2,1H3. The van der Waals surface area contributed by atoms with Gasteiger partial charge in [-0.05, 0) is 23.3 Å². The lowest BCUT2D eigenvalue weighted by Gasteiger charge is -2.41. The number of piperazine rings is 1. The number of benzene rings is 3. The van der Waals surface area contributed by atoms with Gasteiger partial charge in [-0.25, -0.2) is 0 Å². The second kappa shape index (κ2) is 9.69. The van der Waals surface area contributed by atoms with Crippen LogP contribution in [0.4, 0.5) is 5.69 Å². The highest BCUT2D eigenvalue weighted by Crippen LogP contribution is 2.34. The van der Waals surface area contributed by atoms with Gasteiger partial charge in [-0.2, -0.15) is 0 Å². The van der Waals surface area contributed by atoms with Crippen LogP contribution in [0.1, 0.15) is 24.1 Å². The number of fused-ring (bicyclic) bond motifs is 1. The van der Waals surface area contributed by atoms with Crippen LogP contribution < -0.4 is 9.64 Å². The second-order valence-corrected chi connectivity index (χ2v) is 8.79. The van der Waals surface area contributed by atoms with Gasteiger partial charge >= 0.3 is 0 Å². The fourth-order valence-corrected chi connectivity index (χ4v) is 4.95. The van der Waals surface area contributed by atoms with E-state index in [4.69, 9.17) is 4.74 Å². The number of carbonyl (C=O) groups is 2. The van der Waals surface area contributed by atoms with Gasteiger partial charge in [0.15, 0.2) is 6.10 Å². The van der Waals surface area contributed by atoms with Crippen LogP contribution in [0.15, 0.2) is 84.9 Å². The number of carbonyl (C=O) groups excluding carboxylic acids is 2. The number of amides is 2. The monoisotopic (exact) mass is 455 g/mol. The fourth-order valence-electron chi connectivity index (χ4n) is 4.95. The van der Waals surface area contributed by atoms with Crippen LogP contribution in [0.5, 0.6) is 5.75 Å². The van der Waals surface area contributed by atoms with Crippen molar-refractivity contribution in [1.29, 1.82) is 0 Å². The Bertz CT molecular complexity index is 1100. The van der Waals surface area contributed by atoms with Crippen molar-refractivity contribution < 1.29 is 14.3 Å². The van der Waals surface area contributed by atoms with Crippen LogP contribution in [0.3, 0.4) is 0 Å². The molecule has 6 nitrogen and oxygen atoms in total. The molecular weight excluding hydrogens is 426 g/mol. The molecule has 3 aromatic rings. The maximum Gasteiger partial charge on any atom is 0.265 e. The maximum atomic E-state index is 13.4. The summed E-state index contributed by atoms with van der Waals surface area (Å²) in [5.41, 5.74) is 3.22. The van der Waals surface area contributed by atoms with Crippen molar-refractivity contribution in [2.45, 2.75) is 19.1 Å². The summed E-state index contributed by atoms with van der Waals surface area (Å²) in [6, 6.07) is 28.6. The minimum atomic E-state index is -0.690. The molecule has 2 aliphatic rings. The molecule has 0 aliphatic carbocycles. The molecule has 0 radical (unpaired) electrons. The first kappa shape index (κ1) is 22.2. The second-order valence-electron chi connectivity index (χ2n) is 8.79. The van der Waals surface area contributed by atoms with E-state index in [2.05, 4.69) is 53.4 Å². The first-order chi connectivity index (χ1) is 16.6. The normalized spacial score (nSPS) is 18.4. The molecule has 1 atom stereocenters. The van der Waals surface area contributed by atoms with E-state index in [1.54, 1.807) is 4.90 Å². The lowest BCUT2D eigenvalue weighted by molar-refractivity contribution is -0.140. The van der Waals surface area contributed by atoms with Crippen LogP contribution >= 0.6 is 0 Å². The van der Waals surface area contributed by atoms with E-state index in [-0.39, 0.29) is 24.4 Å². The molecule has 5 rings (SSSR count). The van der Waals surface area contributed by atoms with Crippen molar-refractivity contribution in [2.24, 2.45) is 0 Å². The van der Waals surface area contributed by atoms with Crippen LogP contribution in [0, 0.1) is 0 Å². The lowest BCUT2D eigenvalue weighted by atomic mass is 9.96. The number of ether oxygens (including phenoxy) is 1. The molecular formula is C28H29N3O3. The SMILES string of the molecule is CC(=O)N1CC(C(=O)N2CCN(C(c3ccccc3)c3ccccc3)CC2)Oc2ccccc21. The highest BCUT2D eigenvalue weighted by Gasteiger charge is 2.37. The van der Waals surface area contributed by atoms with Crippen molar-refractivity contribution in [3.05, 3.63) is 96.1 Å². The summed E-state index contributed by atoms with van der Waals surface area (Å²) >= 11 is 0. The molecule has 0 spiro atoms. The fraction of sp³-hybridized carbons (Fsp3) is 0.286. The van der Waals surface area contributed by atoms with Gasteiger partial charge in [0.1, 0.15) is 5.75 Å². The number of hydrogen-bond donors (Lipinski definition) is 0. The van der Waals surface area contributed by atoms with Crippen molar-refractivity contribution in [3.63, 3.8) is 0 Å². The Labute approximate surface area is 200 Å². The van der Waals surface area contributed by atoms with E-state index >= 15 is 0 Å². The average Bonchev–Trinajstić information content (AvgIpc) is 2.89. The zero-order valence-electron chi connectivity index (χ0n) is 19.3. The maximum absolute atomic E-state index is 13.4. The molecule has 34 heavy (non-hydrogen) atoms. The highest BCUT2D eigenvalue weighted by molar-refractivity contribution is 5.95. The zero-order chi connectivity index (χ0) is 23.5. The predicted molar refractivity (Wildman–Crippen MR) is 132 cm³/mol. The Balaban J connectivity index is 1.30. The highest BCUT2D eigenvalue weighted by atomic mass is 16.5. The van der Waals surface area contributed by atoms with Gasteiger partial charge in [-0.3, -0.25) is 14.5 Å². The summed E-state index contributed by atoms with van der Waals surface area (Å²) in [4.78, 5) is 31.6. The van der Waals surface area contributed by atoms with Crippen molar-refractivity contribution in [1.82, 2.24) is 9.80 Å². The third-order valence-corrected chi connectivity index (χ3v) is 6.65. The van der Waals surface area contributed by atoms with Crippen LogP contribution in [0.2, 0.25) is 0 Å². The van der Waals surface area contributed by atoms with E-state index in [1.165, 1.54) is 18.1 Å². The molecule has 0 aromatic heterocycles. The average molecular weight is 456 g/mol. The Morgan fingerprint density at radius 2 is 1.35 bits per heavy atom. The molecule has 6 heteroatoms. The summed E-state index contributed by atoms with van der Waals surface area (Å²) < 4.78 is 6.04. The first-order valence-corrected chi connectivity index (χ1v) is 11.8. The Hall–Kier alpha value is -3.64. The van der Waals surface area contributed by atoms with Gasteiger partial charge in [0.25, 0.3) is 5.91 Å². The quantitative estimate of drug-likeness (QED) is 0.602. The number of nitrogens with zero attached hydrogens (tertiary/aromatic N) is 3. The number of anilines is 1. The molecule has 1 fully saturated rings. The Morgan fingerprint density at radius 3 is 1.94 bits per heavy atom. The van der Waals surface area contributed by atoms with Gasteiger partial charge in [-0.1, -0.05) is 72.8 Å². The molecule has 174 valence electrons. The van der Waals surface area contributed by atoms with E-state index in [0.717, 1.165) is 18.8 Å². The van der Waals surface area contributed by atoms with E-state index in [1.807, 2.05) is 41.3 Å². The van der Waals surface area contributed by atoms with Gasteiger partial charge in [-0.15, -0.1) is 0 Å². The summed E-state index contributed by atoms with van der Waals surface area (Å²) in [5.74, 6) is 0.428. The lowest BCUT2D eigenvalue weighted by Crippen LogP contribution is -2.56. The predicted octanol–water partition coefficient (Wildman–Crippen LogP) is 3.73. The summed E-state index contributed by atoms with van der Waals surface area (Å²) in [7, 11) is 0. The van der Waals surface area contributed by atoms with Crippen LogP contribution in [-0.4, -0.2) is 60.4 Å². The number of para-hydroxylation sites is 2. The third-order valence-electron chi connectivity index (χ3n) is 6.65. The van der Waals surface area contributed by atoms with Gasteiger partial charge in [0.05, 0.1) is 18.3 Å². The molecule has 1 unspecified atom stereocenters. The number of rotatable bonds is 4. The smallest absolute Gasteiger partial charge is 0.265 e. The van der Waals surface area contributed by atoms with Crippen LogP contribution in [0.25, 0.3) is 0 Å². The summed E-state index contributed by atoms with van der Waals surface area (Å²) in [6.07, 6.45) is -0.690. The zero-order valence-corrected chi connectivity index (χ0v) is 19.3. The minimum Gasteiger partial charge on any atom is -0.476 e. The third kappa shape index (κ3) is 4.41. The first-order valence-electron chi connectivity index (χ1n) is 11.8. The van der Waals surface area contributed by atoms with Crippen LogP contribution in [-0.2, 0) is 9.59 Å². The van der Waals surface area contributed by atoms with E-state index < -0.39 is 6.10 Å². The molecule has 0 bridgehead atoms. The molecule has 2 heterocycles. The van der Waals surface area contributed by atoms with Crippen molar-refractivity contribution in [3.8, 4) is 5.75 Å². The van der Waals surface area contributed by atoms with Crippen molar-refractivity contribution in [2.75, 3.05) is 37.6 Å². The Morgan fingerprint density at radius 1 is 0.794 bits per heavy atom. The van der Waals surface area contributed by atoms with Gasteiger partial charge in [0.2, 0.25) is 5.91 Å². The molecule has 1 saturated heterocycles. The van der Waals surface area contributed by atoms with Crippen molar-refractivity contribution >= 4 is 17.5 Å². The minimum absolute atomic E-state index is 0.0589. The van der Waals surface area contributed by atoms with E-state index in [0.29, 0.717) is 18.8 Å². The largest absolute Gasteiger partial charge is 0.476 e. The summed E-state index contributed by atoms with van der Waals surface area (Å²) in [6.45, 7) is 4.53. The molecule has 0 saturated carbocycles. The van der Waals surface area contributed by atoms with E-state index in [9.17, 15) is 9.59 Å². The topological polar surface area (TPSA) is 53.1 Å². The van der Waals surface area contributed by atoms with Gasteiger partial charge in [0, 0.05) is 33.1 Å². The summed E-state index contributed by atoms with van der Waals surface area (Å²) in [5, 5.41) is 0. The Kier molecular flexibility index (Phi) is 6.32. The van der Waals surface area contributed by atoms with Gasteiger partial charge < -0.3 is 14.5 Å². The molecule has 2 aliphatic heterocycles. The number of hydrogen-bond acceptors (Lipinski definition) is 4.